The number of aromatic nitrogens is 2. The summed E-state index contributed by atoms with van der Waals surface area (Å²) in [6.07, 6.45) is 0. The molecular formula is C20H22N2O6S. The van der Waals surface area contributed by atoms with E-state index in [0.29, 0.717) is 38.8 Å². The fraction of sp³-hybridized carbons (Fsp3) is 0.400. The maximum Gasteiger partial charge on any atom is 0.373 e. The minimum Gasteiger partial charge on any atom is -0.463 e. The predicted octanol–water partition coefficient (Wildman–Crippen LogP) is 3.32. The number of aryl methyl sites for hydroxylation is 2. The molecule has 0 amide bonds. The Morgan fingerprint density at radius 3 is 2.62 bits per heavy atom. The van der Waals surface area contributed by atoms with Crippen LogP contribution in [-0.2, 0) is 16.0 Å². The standard InChI is InChI=1S/C20H22N2O6S/c1-10(2)9-27-20(25)16-11(3)15-17(29-16)21-12(4)22(18(15)23)8-13-6-7-14(28-13)19(24)26-5/h6-7,10H,8-9H2,1-5H3. The van der Waals surface area contributed by atoms with Crippen molar-refractivity contribution in [2.75, 3.05) is 13.7 Å². The second kappa shape index (κ2) is 8.20. The molecular weight excluding hydrogens is 396 g/mol. The molecule has 0 aromatic carbocycles. The number of methoxy groups -OCH3 is 1. The Morgan fingerprint density at radius 2 is 1.97 bits per heavy atom. The average Bonchev–Trinajstić information content (AvgIpc) is 3.27. The number of nitrogens with zero attached hydrogens (tertiary/aromatic N) is 2. The van der Waals surface area contributed by atoms with Crippen LogP contribution < -0.4 is 5.56 Å². The summed E-state index contributed by atoms with van der Waals surface area (Å²) >= 11 is 1.15. The Kier molecular flexibility index (Phi) is 5.88. The van der Waals surface area contributed by atoms with Crippen LogP contribution in [0.3, 0.4) is 0 Å². The first kappa shape index (κ1) is 20.8. The zero-order valence-electron chi connectivity index (χ0n) is 16.9. The third-order valence-corrected chi connectivity index (χ3v) is 5.50. The van der Waals surface area contributed by atoms with Gasteiger partial charge in [0.15, 0.2) is 0 Å². The lowest BCUT2D eigenvalue weighted by atomic mass is 10.2. The lowest BCUT2D eigenvalue weighted by Crippen LogP contribution is -2.24. The summed E-state index contributed by atoms with van der Waals surface area (Å²) in [6, 6.07) is 3.10. The SMILES string of the molecule is COC(=O)c1ccc(Cn2c(C)nc3sc(C(=O)OCC(C)C)c(C)c3c2=O)o1. The Hall–Kier alpha value is -2.94. The van der Waals surface area contributed by atoms with Crippen LogP contribution in [0.5, 0.6) is 0 Å². The van der Waals surface area contributed by atoms with Gasteiger partial charge < -0.3 is 13.9 Å². The van der Waals surface area contributed by atoms with Crippen LogP contribution in [0.4, 0.5) is 0 Å². The van der Waals surface area contributed by atoms with E-state index in [1.165, 1.54) is 17.7 Å². The van der Waals surface area contributed by atoms with E-state index in [1.54, 1.807) is 19.9 Å². The number of carbonyl (C=O) groups is 2. The number of hydrogen-bond donors (Lipinski definition) is 0. The number of furan rings is 1. The van der Waals surface area contributed by atoms with E-state index in [-0.39, 0.29) is 23.8 Å². The van der Waals surface area contributed by atoms with Crippen LogP contribution in [0, 0.1) is 19.8 Å². The van der Waals surface area contributed by atoms with Gasteiger partial charge in [0.2, 0.25) is 5.76 Å². The molecule has 0 N–H and O–H groups in total. The van der Waals surface area contributed by atoms with Gasteiger partial charge in [0.1, 0.15) is 21.3 Å². The van der Waals surface area contributed by atoms with Crippen molar-refractivity contribution >= 4 is 33.5 Å². The van der Waals surface area contributed by atoms with Gasteiger partial charge in [0, 0.05) is 0 Å². The minimum absolute atomic E-state index is 0.0594. The molecule has 0 radical (unpaired) electrons. The van der Waals surface area contributed by atoms with Crippen LogP contribution in [0.25, 0.3) is 10.2 Å². The summed E-state index contributed by atoms with van der Waals surface area (Å²) < 4.78 is 16.8. The number of hydrogen-bond acceptors (Lipinski definition) is 8. The van der Waals surface area contributed by atoms with E-state index in [1.807, 2.05) is 13.8 Å². The monoisotopic (exact) mass is 418 g/mol. The number of rotatable bonds is 6. The van der Waals surface area contributed by atoms with E-state index in [0.717, 1.165) is 11.3 Å². The first-order valence-corrected chi connectivity index (χ1v) is 9.89. The summed E-state index contributed by atoms with van der Waals surface area (Å²) in [5.41, 5.74) is 0.278. The molecule has 0 unspecified atom stereocenters. The summed E-state index contributed by atoms with van der Waals surface area (Å²) in [5.74, 6) is 0.130. The molecule has 8 nitrogen and oxygen atoms in total. The molecule has 0 spiro atoms. The summed E-state index contributed by atoms with van der Waals surface area (Å²) in [7, 11) is 1.26. The highest BCUT2D eigenvalue weighted by atomic mass is 32.1. The lowest BCUT2D eigenvalue weighted by Gasteiger charge is -2.08. The van der Waals surface area contributed by atoms with Gasteiger partial charge in [-0.15, -0.1) is 11.3 Å². The number of fused-ring (bicyclic) bond motifs is 1. The fourth-order valence-electron chi connectivity index (χ4n) is 2.84. The van der Waals surface area contributed by atoms with Crippen molar-refractivity contribution in [2.24, 2.45) is 5.92 Å². The molecule has 154 valence electrons. The normalized spacial score (nSPS) is 11.2. The van der Waals surface area contributed by atoms with Gasteiger partial charge in [-0.2, -0.15) is 0 Å². The molecule has 0 bridgehead atoms. The maximum absolute atomic E-state index is 13.1. The van der Waals surface area contributed by atoms with Crippen molar-refractivity contribution in [1.29, 1.82) is 0 Å². The Morgan fingerprint density at radius 1 is 1.24 bits per heavy atom. The van der Waals surface area contributed by atoms with Gasteiger partial charge in [-0.25, -0.2) is 14.6 Å². The van der Waals surface area contributed by atoms with Crippen LogP contribution >= 0.6 is 11.3 Å². The van der Waals surface area contributed by atoms with E-state index < -0.39 is 11.9 Å². The molecule has 9 heteroatoms. The van der Waals surface area contributed by atoms with E-state index in [9.17, 15) is 14.4 Å². The maximum atomic E-state index is 13.1. The zero-order chi connectivity index (χ0) is 21.3. The quantitative estimate of drug-likeness (QED) is 0.566. The molecule has 0 aliphatic rings. The second-order valence-electron chi connectivity index (χ2n) is 7.04. The van der Waals surface area contributed by atoms with Gasteiger partial charge in [0.25, 0.3) is 5.56 Å². The number of esters is 2. The highest BCUT2D eigenvalue weighted by Crippen LogP contribution is 2.28. The molecule has 3 aromatic heterocycles. The molecule has 0 saturated carbocycles. The van der Waals surface area contributed by atoms with Crippen molar-refractivity contribution in [1.82, 2.24) is 9.55 Å². The van der Waals surface area contributed by atoms with Gasteiger partial charge in [-0.05, 0) is 37.5 Å². The molecule has 3 rings (SSSR count). The lowest BCUT2D eigenvalue weighted by molar-refractivity contribution is 0.0463. The summed E-state index contributed by atoms with van der Waals surface area (Å²) in [5, 5.41) is 0.386. The number of thiophene rings is 1. The molecule has 3 heterocycles. The van der Waals surface area contributed by atoms with Crippen LogP contribution in [0.1, 0.15) is 51.2 Å². The summed E-state index contributed by atoms with van der Waals surface area (Å²) in [4.78, 5) is 42.4. The van der Waals surface area contributed by atoms with Crippen LogP contribution in [-0.4, -0.2) is 35.2 Å². The van der Waals surface area contributed by atoms with Gasteiger partial charge >= 0.3 is 11.9 Å². The number of ether oxygens (including phenoxy) is 2. The fourth-order valence-corrected chi connectivity index (χ4v) is 3.95. The minimum atomic E-state index is -0.591. The van der Waals surface area contributed by atoms with Gasteiger partial charge in [0.05, 0.1) is 25.6 Å². The van der Waals surface area contributed by atoms with Crippen LogP contribution in [0.2, 0.25) is 0 Å². The van der Waals surface area contributed by atoms with E-state index in [2.05, 4.69) is 9.72 Å². The van der Waals surface area contributed by atoms with Crippen molar-refractivity contribution in [3.63, 3.8) is 0 Å². The van der Waals surface area contributed by atoms with Crippen LogP contribution in [0.15, 0.2) is 21.3 Å². The Bertz CT molecular complexity index is 1140. The summed E-state index contributed by atoms with van der Waals surface area (Å²) in [6.45, 7) is 7.74. The molecule has 0 atom stereocenters. The molecule has 0 aliphatic heterocycles. The molecule has 0 saturated heterocycles. The third-order valence-electron chi connectivity index (χ3n) is 4.34. The highest BCUT2D eigenvalue weighted by molar-refractivity contribution is 7.20. The highest BCUT2D eigenvalue weighted by Gasteiger charge is 2.22. The topological polar surface area (TPSA) is 101 Å². The smallest absolute Gasteiger partial charge is 0.373 e. The van der Waals surface area contributed by atoms with Crippen molar-refractivity contribution < 1.29 is 23.5 Å². The first-order chi connectivity index (χ1) is 13.7. The van der Waals surface area contributed by atoms with Crippen molar-refractivity contribution in [3.8, 4) is 0 Å². The average molecular weight is 418 g/mol. The molecule has 29 heavy (non-hydrogen) atoms. The first-order valence-electron chi connectivity index (χ1n) is 9.07. The van der Waals surface area contributed by atoms with E-state index in [4.69, 9.17) is 9.15 Å². The Balaban J connectivity index is 1.99. The largest absolute Gasteiger partial charge is 0.463 e. The number of carbonyl (C=O) groups excluding carboxylic acids is 2. The van der Waals surface area contributed by atoms with Crippen molar-refractivity contribution in [2.45, 2.75) is 34.2 Å². The Labute approximate surface area is 171 Å². The van der Waals surface area contributed by atoms with Gasteiger partial charge in [-0.1, -0.05) is 13.8 Å². The predicted molar refractivity (Wildman–Crippen MR) is 108 cm³/mol. The molecule has 3 aromatic rings. The molecule has 0 aliphatic carbocycles. The van der Waals surface area contributed by atoms with Gasteiger partial charge in [-0.3, -0.25) is 9.36 Å². The second-order valence-corrected chi connectivity index (χ2v) is 8.04. The van der Waals surface area contributed by atoms with E-state index >= 15 is 0 Å². The molecule has 0 fully saturated rings. The third kappa shape index (κ3) is 4.09. The zero-order valence-corrected chi connectivity index (χ0v) is 17.7. The van der Waals surface area contributed by atoms with Crippen molar-refractivity contribution in [3.05, 3.63) is 50.3 Å².